The van der Waals surface area contributed by atoms with Gasteiger partial charge >= 0.3 is 11.9 Å². The fourth-order valence-corrected chi connectivity index (χ4v) is 3.93. The lowest BCUT2D eigenvalue weighted by atomic mass is 10.2. The third-order valence-corrected chi connectivity index (χ3v) is 5.84. The first-order valence-electron chi connectivity index (χ1n) is 10.9. The molecule has 35 heavy (non-hydrogen) atoms. The molecule has 4 aromatic rings. The standard InChI is InChI=1S/C25H25F3N4O3/c1-17(25(26,27)28)31-22-12-13-29-14-23(22)32(24(31)33)30(15-18-4-8-20(34-2)9-5-18)16-19-6-10-21(35-3)11-7-19/h4-14,17H,15-16H2,1-3H3. The van der Waals surface area contributed by atoms with Gasteiger partial charge in [-0.2, -0.15) is 13.2 Å². The van der Waals surface area contributed by atoms with Gasteiger partial charge in [-0.1, -0.05) is 24.3 Å². The van der Waals surface area contributed by atoms with Crippen LogP contribution in [0.15, 0.2) is 71.8 Å². The zero-order valence-corrected chi connectivity index (χ0v) is 19.5. The highest BCUT2D eigenvalue weighted by atomic mass is 19.4. The molecule has 1 atom stereocenters. The fraction of sp³-hybridized carbons (Fsp3) is 0.280. The third-order valence-electron chi connectivity index (χ3n) is 5.84. The van der Waals surface area contributed by atoms with Gasteiger partial charge in [-0.15, -0.1) is 0 Å². The Hall–Kier alpha value is -3.95. The van der Waals surface area contributed by atoms with Gasteiger partial charge in [0, 0.05) is 6.20 Å². The van der Waals surface area contributed by atoms with Gasteiger partial charge in [-0.05, 0) is 48.4 Å². The number of fused-ring (bicyclic) bond motifs is 1. The lowest BCUT2D eigenvalue weighted by molar-refractivity contribution is -0.162. The molecule has 0 radical (unpaired) electrons. The Balaban J connectivity index is 1.84. The molecule has 0 amide bonds. The number of ether oxygens (including phenoxy) is 2. The number of pyridine rings is 1. The molecule has 0 aliphatic rings. The van der Waals surface area contributed by atoms with Crippen molar-refractivity contribution >= 4 is 11.0 Å². The SMILES string of the molecule is COc1ccc(CN(Cc2ccc(OC)cc2)n2c(=O)n(C(C)C(F)(F)F)c3ccncc32)cc1. The third kappa shape index (κ3) is 4.96. The molecule has 0 aliphatic carbocycles. The second kappa shape index (κ2) is 9.73. The van der Waals surface area contributed by atoms with Gasteiger partial charge in [-0.25, -0.2) is 9.47 Å². The van der Waals surface area contributed by atoms with E-state index in [9.17, 15) is 18.0 Å². The van der Waals surface area contributed by atoms with Crippen molar-refractivity contribution in [1.82, 2.24) is 14.2 Å². The Morgan fingerprint density at radius 1 is 0.886 bits per heavy atom. The first-order valence-corrected chi connectivity index (χ1v) is 10.9. The minimum Gasteiger partial charge on any atom is -0.497 e. The highest BCUT2D eigenvalue weighted by Crippen LogP contribution is 2.31. The molecule has 0 bridgehead atoms. The van der Waals surface area contributed by atoms with E-state index in [-0.39, 0.29) is 24.1 Å². The van der Waals surface area contributed by atoms with E-state index in [4.69, 9.17) is 9.47 Å². The van der Waals surface area contributed by atoms with Crippen LogP contribution in [0.4, 0.5) is 13.2 Å². The molecule has 0 aliphatic heterocycles. The molecule has 0 saturated carbocycles. The molecular weight excluding hydrogens is 461 g/mol. The van der Waals surface area contributed by atoms with E-state index in [1.54, 1.807) is 43.5 Å². The van der Waals surface area contributed by atoms with Crippen LogP contribution in [0.2, 0.25) is 0 Å². The van der Waals surface area contributed by atoms with E-state index in [0.717, 1.165) is 22.6 Å². The number of hydrogen-bond donors (Lipinski definition) is 0. The first kappa shape index (κ1) is 24.2. The smallest absolute Gasteiger partial charge is 0.409 e. The van der Waals surface area contributed by atoms with E-state index < -0.39 is 17.9 Å². The Bertz CT molecular complexity index is 1300. The zero-order valence-electron chi connectivity index (χ0n) is 19.5. The lowest BCUT2D eigenvalue weighted by Gasteiger charge is -2.26. The summed E-state index contributed by atoms with van der Waals surface area (Å²) in [5, 5.41) is 1.70. The van der Waals surface area contributed by atoms with Crippen LogP contribution in [0.3, 0.4) is 0 Å². The number of nitrogens with zero attached hydrogens (tertiary/aromatic N) is 4. The molecule has 0 saturated heterocycles. The molecule has 2 aromatic heterocycles. The van der Waals surface area contributed by atoms with Gasteiger partial charge in [0.2, 0.25) is 0 Å². The van der Waals surface area contributed by atoms with Crippen LogP contribution in [0.5, 0.6) is 11.5 Å². The summed E-state index contributed by atoms with van der Waals surface area (Å²) in [5.74, 6) is 1.35. The highest BCUT2D eigenvalue weighted by molar-refractivity contribution is 5.75. The summed E-state index contributed by atoms with van der Waals surface area (Å²) >= 11 is 0. The summed E-state index contributed by atoms with van der Waals surface area (Å²) in [7, 11) is 3.13. The summed E-state index contributed by atoms with van der Waals surface area (Å²) < 4.78 is 53.5. The number of halogens is 3. The summed E-state index contributed by atoms with van der Waals surface area (Å²) in [4.78, 5) is 17.6. The van der Waals surface area contributed by atoms with E-state index in [1.807, 2.05) is 24.3 Å². The van der Waals surface area contributed by atoms with Crippen molar-refractivity contribution in [3.63, 3.8) is 0 Å². The molecule has 0 spiro atoms. The number of aromatic nitrogens is 3. The highest BCUT2D eigenvalue weighted by Gasteiger charge is 2.40. The molecule has 0 N–H and O–H groups in total. The second-order valence-corrected chi connectivity index (χ2v) is 8.07. The van der Waals surface area contributed by atoms with Gasteiger partial charge < -0.3 is 9.47 Å². The van der Waals surface area contributed by atoms with Gasteiger partial charge in [0.1, 0.15) is 23.1 Å². The van der Waals surface area contributed by atoms with Crippen LogP contribution >= 0.6 is 0 Å². The van der Waals surface area contributed by atoms with Gasteiger partial charge in [0.25, 0.3) is 0 Å². The molecule has 1 unspecified atom stereocenters. The second-order valence-electron chi connectivity index (χ2n) is 8.07. The molecule has 2 heterocycles. The molecule has 10 heteroatoms. The summed E-state index contributed by atoms with van der Waals surface area (Å²) in [5.41, 5.74) is 1.35. The van der Waals surface area contributed by atoms with Crippen molar-refractivity contribution in [3.8, 4) is 11.5 Å². The molecule has 4 rings (SSSR count). The maximum absolute atomic E-state index is 13.7. The summed E-state index contributed by atoms with van der Waals surface area (Å²) in [6.45, 7) is 1.48. The first-order chi connectivity index (χ1) is 16.7. The van der Waals surface area contributed by atoms with Gasteiger partial charge in [-0.3, -0.25) is 14.6 Å². The van der Waals surface area contributed by atoms with Crippen molar-refractivity contribution < 1.29 is 22.6 Å². The normalized spacial score (nSPS) is 12.5. The van der Waals surface area contributed by atoms with E-state index >= 15 is 0 Å². The Labute approximate surface area is 199 Å². The molecule has 2 aromatic carbocycles. The number of methoxy groups -OCH3 is 2. The average molecular weight is 486 g/mol. The molecule has 7 nitrogen and oxygen atoms in total. The molecule has 184 valence electrons. The minimum atomic E-state index is -4.59. The quantitative estimate of drug-likeness (QED) is 0.362. The van der Waals surface area contributed by atoms with Crippen LogP contribution in [-0.2, 0) is 13.1 Å². The number of rotatable bonds is 8. The predicted molar refractivity (Wildman–Crippen MR) is 126 cm³/mol. The largest absolute Gasteiger partial charge is 0.497 e. The number of benzene rings is 2. The minimum absolute atomic E-state index is 0.157. The molecule has 0 fully saturated rings. The van der Waals surface area contributed by atoms with Crippen molar-refractivity contribution in [3.05, 3.63) is 88.6 Å². The van der Waals surface area contributed by atoms with Crippen LogP contribution in [0.1, 0.15) is 24.1 Å². The van der Waals surface area contributed by atoms with Crippen LogP contribution in [0.25, 0.3) is 11.0 Å². The number of imidazole rings is 1. The number of hydrogen-bond acceptors (Lipinski definition) is 5. The maximum Gasteiger partial charge on any atom is 0.409 e. The summed E-state index contributed by atoms with van der Waals surface area (Å²) in [6, 6.07) is 14.0. The van der Waals surface area contributed by atoms with E-state index in [0.29, 0.717) is 11.5 Å². The van der Waals surface area contributed by atoms with Crippen molar-refractivity contribution in [1.29, 1.82) is 0 Å². The van der Waals surface area contributed by atoms with Crippen LogP contribution < -0.4 is 20.2 Å². The summed E-state index contributed by atoms with van der Waals surface area (Å²) in [6.07, 6.45) is -1.81. The average Bonchev–Trinajstić information content (AvgIpc) is 3.15. The Kier molecular flexibility index (Phi) is 6.72. The predicted octanol–water partition coefficient (Wildman–Crippen LogP) is 4.68. The lowest BCUT2D eigenvalue weighted by Crippen LogP contribution is -2.43. The maximum atomic E-state index is 13.7. The van der Waals surface area contributed by atoms with Crippen molar-refractivity contribution in [2.75, 3.05) is 19.2 Å². The molecular formula is C25H25F3N4O3. The zero-order chi connectivity index (χ0) is 25.2. The fourth-order valence-electron chi connectivity index (χ4n) is 3.93. The van der Waals surface area contributed by atoms with Crippen molar-refractivity contribution in [2.45, 2.75) is 32.2 Å². The van der Waals surface area contributed by atoms with E-state index in [2.05, 4.69) is 4.98 Å². The monoisotopic (exact) mass is 486 g/mol. The number of alkyl halides is 3. The Morgan fingerprint density at radius 3 is 1.86 bits per heavy atom. The van der Waals surface area contributed by atoms with Crippen LogP contribution in [0, 0.1) is 0 Å². The topological polar surface area (TPSA) is 61.5 Å². The van der Waals surface area contributed by atoms with Crippen molar-refractivity contribution in [2.24, 2.45) is 0 Å². The Morgan fingerprint density at radius 2 is 1.40 bits per heavy atom. The van der Waals surface area contributed by atoms with Gasteiger partial charge in [0.05, 0.1) is 39.0 Å². The van der Waals surface area contributed by atoms with Gasteiger partial charge in [0.15, 0.2) is 0 Å². The van der Waals surface area contributed by atoms with E-state index in [1.165, 1.54) is 23.1 Å². The van der Waals surface area contributed by atoms with Crippen LogP contribution in [-0.4, -0.2) is 34.6 Å².